The molecule has 7 nitrogen and oxygen atoms in total. The summed E-state index contributed by atoms with van der Waals surface area (Å²) in [5, 5.41) is 11.6. The highest BCUT2D eigenvalue weighted by Gasteiger charge is 2.31. The molecule has 2 saturated heterocycles. The van der Waals surface area contributed by atoms with Gasteiger partial charge in [-0.25, -0.2) is 4.79 Å². The third-order valence-corrected chi connectivity index (χ3v) is 4.29. The number of nitrogens with one attached hydrogen (secondary N) is 1. The van der Waals surface area contributed by atoms with Gasteiger partial charge in [-0.3, -0.25) is 9.69 Å². The molecule has 0 aromatic carbocycles. The average molecular weight is 299 g/mol. The van der Waals surface area contributed by atoms with Crippen LogP contribution < -0.4 is 5.32 Å². The van der Waals surface area contributed by atoms with Crippen LogP contribution in [-0.4, -0.2) is 78.9 Å². The quantitative estimate of drug-likeness (QED) is 0.758. The second kappa shape index (κ2) is 7.61. The van der Waals surface area contributed by atoms with Crippen molar-refractivity contribution < 1.29 is 19.4 Å². The maximum atomic E-state index is 12.0. The summed E-state index contributed by atoms with van der Waals surface area (Å²) in [5.74, 6) is -1.25. The number of rotatable bonds is 5. The lowest BCUT2D eigenvalue weighted by molar-refractivity contribution is -0.141. The molecule has 7 heteroatoms. The molecule has 2 rings (SSSR count). The minimum absolute atomic E-state index is 0.0802. The van der Waals surface area contributed by atoms with Gasteiger partial charge in [0.15, 0.2) is 0 Å². The number of hydrogen-bond donors (Lipinski definition) is 2. The van der Waals surface area contributed by atoms with Gasteiger partial charge in [-0.1, -0.05) is 6.92 Å². The lowest BCUT2D eigenvalue weighted by atomic mass is 10.1. The third kappa shape index (κ3) is 4.57. The Bertz CT molecular complexity index is 371. The fraction of sp³-hybridized carbons (Fsp3) is 0.857. The molecule has 0 aromatic rings. The smallest absolute Gasteiger partial charge is 0.317 e. The minimum atomic E-state index is -0.821. The summed E-state index contributed by atoms with van der Waals surface area (Å²) >= 11 is 0. The van der Waals surface area contributed by atoms with E-state index >= 15 is 0 Å². The molecule has 21 heavy (non-hydrogen) atoms. The van der Waals surface area contributed by atoms with Gasteiger partial charge in [0.2, 0.25) is 0 Å². The number of urea groups is 1. The van der Waals surface area contributed by atoms with E-state index in [0.717, 1.165) is 45.8 Å². The predicted octanol–water partition coefficient (Wildman–Crippen LogP) is 0.213. The fourth-order valence-corrected chi connectivity index (χ4v) is 2.80. The van der Waals surface area contributed by atoms with Gasteiger partial charge in [0.1, 0.15) is 0 Å². The molecule has 2 N–H and O–H groups in total. The van der Waals surface area contributed by atoms with Crippen LogP contribution in [0.3, 0.4) is 0 Å². The zero-order valence-corrected chi connectivity index (χ0v) is 12.6. The lowest BCUT2D eigenvalue weighted by Gasteiger charge is -2.32. The SMILES string of the molecule is CC(CCNC(=O)N1CCC(N2CCOCC2)C1)C(=O)O. The molecule has 2 heterocycles. The molecular weight excluding hydrogens is 274 g/mol. The first-order valence-corrected chi connectivity index (χ1v) is 7.65. The van der Waals surface area contributed by atoms with Crippen molar-refractivity contribution in [1.29, 1.82) is 0 Å². The van der Waals surface area contributed by atoms with Gasteiger partial charge in [-0.15, -0.1) is 0 Å². The van der Waals surface area contributed by atoms with Gasteiger partial charge in [-0.2, -0.15) is 0 Å². The Morgan fingerprint density at radius 1 is 1.33 bits per heavy atom. The van der Waals surface area contributed by atoms with Crippen LogP contribution >= 0.6 is 0 Å². The highest BCUT2D eigenvalue weighted by molar-refractivity contribution is 5.74. The van der Waals surface area contributed by atoms with Crippen LogP contribution in [0.4, 0.5) is 4.79 Å². The third-order valence-electron chi connectivity index (χ3n) is 4.29. The molecule has 0 bridgehead atoms. The molecule has 0 saturated carbocycles. The average Bonchev–Trinajstić information content (AvgIpc) is 2.97. The molecular formula is C14H25N3O4. The van der Waals surface area contributed by atoms with E-state index in [9.17, 15) is 9.59 Å². The Balaban J connectivity index is 1.68. The van der Waals surface area contributed by atoms with E-state index < -0.39 is 11.9 Å². The van der Waals surface area contributed by atoms with E-state index in [1.807, 2.05) is 4.90 Å². The highest BCUT2D eigenvalue weighted by Crippen LogP contribution is 2.16. The van der Waals surface area contributed by atoms with E-state index in [1.54, 1.807) is 6.92 Å². The Kier molecular flexibility index (Phi) is 5.81. The number of carboxylic acid groups (broad SMARTS) is 1. The number of carboxylic acids is 1. The molecule has 0 spiro atoms. The van der Waals surface area contributed by atoms with E-state index in [-0.39, 0.29) is 6.03 Å². The first-order chi connectivity index (χ1) is 10.1. The molecule has 0 aliphatic carbocycles. The Hall–Kier alpha value is -1.34. The van der Waals surface area contributed by atoms with E-state index in [1.165, 1.54) is 0 Å². The van der Waals surface area contributed by atoms with Crippen molar-refractivity contribution in [3.63, 3.8) is 0 Å². The molecule has 2 aliphatic rings. The van der Waals surface area contributed by atoms with Crippen molar-refractivity contribution in [2.75, 3.05) is 45.9 Å². The zero-order valence-electron chi connectivity index (χ0n) is 12.6. The summed E-state index contributed by atoms with van der Waals surface area (Å²) < 4.78 is 5.35. The summed E-state index contributed by atoms with van der Waals surface area (Å²) in [5.41, 5.74) is 0. The maximum Gasteiger partial charge on any atom is 0.317 e. The number of aliphatic carboxylic acids is 1. The monoisotopic (exact) mass is 299 g/mol. The molecule has 2 atom stereocenters. The van der Waals surface area contributed by atoms with Crippen molar-refractivity contribution in [1.82, 2.24) is 15.1 Å². The van der Waals surface area contributed by atoms with Crippen molar-refractivity contribution in [2.45, 2.75) is 25.8 Å². The first-order valence-electron chi connectivity index (χ1n) is 7.65. The number of hydrogen-bond acceptors (Lipinski definition) is 4. The summed E-state index contributed by atoms with van der Waals surface area (Å²) in [4.78, 5) is 27.0. The largest absolute Gasteiger partial charge is 0.481 e. The first kappa shape index (κ1) is 16.0. The van der Waals surface area contributed by atoms with Gasteiger partial charge in [0.25, 0.3) is 0 Å². The van der Waals surface area contributed by atoms with Crippen LogP contribution in [0, 0.1) is 5.92 Å². The summed E-state index contributed by atoms with van der Waals surface area (Å²) in [7, 11) is 0. The number of nitrogens with zero attached hydrogens (tertiary/aromatic N) is 2. The standard InChI is InChI=1S/C14H25N3O4/c1-11(13(18)19)2-4-15-14(20)17-5-3-12(10-17)16-6-8-21-9-7-16/h11-12H,2-10H2,1H3,(H,15,20)(H,18,19). The van der Waals surface area contributed by atoms with Crippen LogP contribution in [0.25, 0.3) is 0 Å². The maximum absolute atomic E-state index is 12.0. The molecule has 0 radical (unpaired) electrons. The number of carbonyl (C=O) groups is 2. The normalized spacial score (nSPS) is 24.8. The van der Waals surface area contributed by atoms with E-state index in [4.69, 9.17) is 9.84 Å². The molecule has 2 unspecified atom stereocenters. The highest BCUT2D eigenvalue weighted by atomic mass is 16.5. The van der Waals surface area contributed by atoms with Crippen LogP contribution in [0.5, 0.6) is 0 Å². The predicted molar refractivity (Wildman–Crippen MR) is 77.2 cm³/mol. The number of carbonyl (C=O) groups excluding carboxylic acids is 1. The van der Waals surface area contributed by atoms with Crippen molar-refractivity contribution in [3.8, 4) is 0 Å². The van der Waals surface area contributed by atoms with Crippen molar-refractivity contribution in [2.24, 2.45) is 5.92 Å². The van der Waals surface area contributed by atoms with Crippen LogP contribution in [0.1, 0.15) is 19.8 Å². The number of likely N-dealkylation sites (tertiary alicyclic amines) is 1. The Morgan fingerprint density at radius 3 is 2.71 bits per heavy atom. The molecule has 2 amide bonds. The number of morpholine rings is 1. The lowest BCUT2D eigenvalue weighted by Crippen LogP contribution is -2.46. The van der Waals surface area contributed by atoms with Gasteiger partial charge in [0.05, 0.1) is 19.1 Å². The van der Waals surface area contributed by atoms with Gasteiger partial charge in [0, 0.05) is 38.8 Å². The van der Waals surface area contributed by atoms with E-state index in [0.29, 0.717) is 19.0 Å². The Morgan fingerprint density at radius 2 is 2.05 bits per heavy atom. The molecule has 120 valence electrons. The number of amides is 2. The summed E-state index contributed by atoms with van der Waals surface area (Å²) in [6.07, 6.45) is 1.46. The molecule has 2 aliphatic heterocycles. The molecule has 2 fully saturated rings. The van der Waals surface area contributed by atoms with Crippen molar-refractivity contribution in [3.05, 3.63) is 0 Å². The number of ether oxygens (including phenoxy) is 1. The summed E-state index contributed by atoms with van der Waals surface area (Å²) in [6.45, 7) is 7.00. The van der Waals surface area contributed by atoms with Crippen LogP contribution in [0.15, 0.2) is 0 Å². The zero-order chi connectivity index (χ0) is 15.2. The second-order valence-corrected chi connectivity index (χ2v) is 5.80. The topological polar surface area (TPSA) is 82.1 Å². The van der Waals surface area contributed by atoms with Gasteiger partial charge < -0.3 is 20.1 Å². The fourth-order valence-electron chi connectivity index (χ4n) is 2.80. The second-order valence-electron chi connectivity index (χ2n) is 5.80. The minimum Gasteiger partial charge on any atom is -0.481 e. The van der Waals surface area contributed by atoms with Crippen LogP contribution in [0.2, 0.25) is 0 Å². The van der Waals surface area contributed by atoms with Gasteiger partial charge in [-0.05, 0) is 12.8 Å². The van der Waals surface area contributed by atoms with Crippen LogP contribution in [-0.2, 0) is 9.53 Å². The van der Waals surface area contributed by atoms with Gasteiger partial charge >= 0.3 is 12.0 Å². The summed E-state index contributed by atoms with van der Waals surface area (Å²) in [6, 6.07) is 0.348. The van der Waals surface area contributed by atoms with E-state index in [2.05, 4.69) is 10.2 Å². The molecule has 0 aromatic heterocycles. The Labute approximate surface area is 125 Å². The van der Waals surface area contributed by atoms with Crippen molar-refractivity contribution >= 4 is 12.0 Å².